The van der Waals surface area contributed by atoms with Gasteiger partial charge in [0.25, 0.3) is 0 Å². The number of aliphatic hydroxyl groups excluding tert-OH is 1. The number of esters is 4. The first-order valence-corrected chi connectivity index (χ1v) is 43.7. The van der Waals surface area contributed by atoms with E-state index in [1.807, 2.05) is 12.2 Å². The molecule has 0 fully saturated rings. The quantitative estimate of drug-likeness (QED) is 0.0169. The summed E-state index contributed by atoms with van der Waals surface area (Å²) in [5.74, 6) is -2.33. The van der Waals surface area contributed by atoms with Crippen molar-refractivity contribution in [2.75, 3.05) is 39.6 Å². The highest BCUT2D eigenvalue weighted by molar-refractivity contribution is 7.47. The van der Waals surface area contributed by atoms with Crippen molar-refractivity contribution in [1.82, 2.24) is 0 Å². The number of phosphoric ester groups is 2. The van der Waals surface area contributed by atoms with Crippen molar-refractivity contribution >= 4 is 39.5 Å². The van der Waals surface area contributed by atoms with Crippen LogP contribution in [-0.4, -0.2) is 96.7 Å². The van der Waals surface area contributed by atoms with Gasteiger partial charge in [-0.15, -0.1) is 0 Å². The Kier molecular flexibility index (Phi) is 74.5. The molecule has 0 aromatic rings. The summed E-state index contributed by atoms with van der Waals surface area (Å²) < 4.78 is 68.6. The smallest absolute Gasteiger partial charge is 0.462 e. The third-order valence-corrected chi connectivity index (χ3v) is 17.9. The molecule has 0 radical (unpaired) electrons. The van der Waals surface area contributed by atoms with Crippen LogP contribution in [0.5, 0.6) is 0 Å². The maximum atomic E-state index is 13.1. The van der Waals surface area contributed by atoms with Gasteiger partial charge in [0.05, 0.1) is 26.4 Å². The van der Waals surface area contributed by atoms with Crippen LogP contribution >= 0.6 is 15.6 Å². The molecule has 5 unspecified atom stereocenters. The summed E-state index contributed by atoms with van der Waals surface area (Å²) in [7, 11) is -10.0. The van der Waals surface area contributed by atoms with Gasteiger partial charge < -0.3 is 33.8 Å². The fraction of sp³-hybridized carbons (Fsp3) is 0.596. The maximum Gasteiger partial charge on any atom is 0.472 e. The number of carbonyl (C=O) groups is 4. The summed E-state index contributed by atoms with van der Waals surface area (Å²) >= 11 is 0. The molecule has 0 saturated carbocycles. The van der Waals surface area contributed by atoms with E-state index in [2.05, 4.69) is 210 Å². The second-order valence-corrected chi connectivity index (χ2v) is 29.1. The molecule has 610 valence electrons. The molecule has 0 heterocycles. The standard InChI is InChI=1S/C89H142O17P2/c1-5-9-13-17-21-25-29-33-37-40-41-44-47-50-54-58-62-66-70-74-87(92)100-79-84(105-88(93)75-71-67-63-59-55-51-45-36-32-28-24-20-16-12-8-4)81-103-107(95,96)101-77-83(90)78-102-108(97,98)104-82-85(106-89(94)76-72-68-64-60-56-52-48-43-39-35-31-27-23-19-15-11-7-3)80-99-86(91)73-69-65-61-57-53-49-46-42-38-34-30-26-22-18-14-10-6-2/h9-16,21-28,33-39,41,44-46,49-50,54,57,61,83-85,90H,5-8,17-20,29-32,40,42-43,47-48,51-53,55-56,58-60,62-82H2,1-4H3,(H,95,96)(H,97,98)/b13-9-,14-10-,15-11-,16-12-,25-21-,26-22-,27-23-,28-24-,37-33-,38-34-,39-35-,44-41-,45-36-,49-46-,54-50-,61-57-. The van der Waals surface area contributed by atoms with Gasteiger partial charge in [0, 0.05) is 25.7 Å². The molecule has 0 rings (SSSR count). The lowest BCUT2D eigenvalue weighted by molar-refractivity contribution is -0.161. The fourth-order valence-corrected chi connectivity index (χ4v) is 11.6. The van der Waals surface area contributed by atoms with Crippen molar-refractivity contribution in [3.63, 3.8) is 0 Å². The van der Waals surface area contributed by atoms with E-state index in [0.717, 1.165) is 199 Å². The van der Waals surface area contributed by atoms with Crippen LogP contribution in [0.3, 0.4) is 0 Å². The molecule has 5 atom stereocenters. The van der Waals surface area contributed by atoms with Gasteiger partial charge in [-0.05, 0) is 173 Å². The molecule has 3 N–H and O–H groups in total. The highest BCUT2D eigenvalue weighted by Crippen LogP contribution is 2.45. The van der Waals surface area contributed by atoms with Crippen LogP contribution in [-0.2, 0) is 65.4 Å². The zero-order valence-electron chi connectivity index (χ0n) is 66.7. The first-order chi connectivity index (χ1) is 52.7. The van der Waals surface area contributed by atoms with Gasteiger partial charge in [-0.3, -0.25) is 37.3 Å². The SMILES string of the molecule is CC/C=C\C/C=C\C/C=C\C/C=C\C/C=C\CCCCCC(=O)OCC(COP(=O)(O)OCC(O)COP(=O)(O)OCC(COC(=O)CCC/C=C\C/C=C\C/C=C\C/C=C\C/C=C\CC)OC(=O)CCCCCCCCC/C=C\C/C=C\C/C=C\CC)OC(=O)CCCCCCC/C=C\C/C=C\C/C=C\CC. The third kappa shape index (κ3) is 78.0. The fourth-order valence-electron chi connectivity index (χ4n) is 10.0. The molecule has 0 aromatic heterocycles. The van der Waals surface area contributed by atoms with Crippen LogP contribution < -0.4 is 0 Å². The van der Waals surface area contributed by atoms with E-state index in [1.54, 1.807) is 0 Å². The Hall–Kier alpha value is -6.10. The number of unbranched alkanes of at least 4 members (excludes halogenated alkanes) is 16. The minimum Gasteiger partial charge on any atom is -0.462 e. The highest BCUT2D eigenvalue weighted by Gasteiger charge is 2.30. The lowest BCUT2D eigenvalue weighted by Crippen LogP contribution is -2.30. The Bertz CT molecular complexity index is 2810. The topological polar surface area (TPSA) is 237 Å². The van der Waals surface area contributed by atoms with Crippen molar-refractivity contribution in [1.29, 1.82) is 0 Å². The molecule has 19 heteroatoms. The Labute approximate surface area is 653 Å². The lowest BCUT2D eigenvalue weighted by Gasteiger charge is -2.21. The average Bonchev–Trinajstić information content (AvgIpc) is 0.901. The Morgan fingerprint density at radius 3 is 0.741 bits per heavy atom. The van der Waals surface area contributed by atoms with E-state index in [4.69, 9.17) is 37.0 Å². The number of ether oxygens (including phenoxy) is 4. The van der Waals surface area contributed by atoms with Gasteiger partial charge in [-0.1, -0.05) is 280 Å². The van der Waals surface area contributed by atoms with Gasteiger partial charge in [-0.25, -0.2) is 9.13 Å². The van der Waals surface area contributed by atoms with Gasteiger partial charge >= 0.3 is 39.5 Å². The first-order valence-electron chi connectivity index (χ1n) is 40.7. The summed E-state index contributed by atoms with van der Waals surface area (Å²) in [6.45, 7) is 4.27. The van der Waals surface area contributed by atoms with E-state index < -0.39 is 97.5 Å². The number of aliphatic hydroxyl groups is 1. The zero-order chi connectivity index (χ0) is 78.9. The second kappa shape index (κ2) is 79.0. The number of allylic oxidation sites excluding steroid dienone is 32. The molecule has 0 bridgehead atoms. The summed E-state index contributed by atoms with van der Waals surface area (Å²) in [4.78, 5) is 73.1. The number of rotatable bonds is 74. The number of phosphoric acid groups is 2. The van der Waals surface area contributed by atoms with Crippen molar-refractivity contribution in [2.24, 2.45) is 0 Å². The van der Waals surface area contributed by atoms with E-state index in [0.29, 0.717) is 32.1 Å². The predicted octanol–water partition coefficient (Wildman–Crippen LogP) is 24.1. The number of hydrogen-bond donors (Lipinski definition) is 3. The summed E-state index contributed by atoms with van der Waals surface area (Å²) in [5.41, 5.74) is 0. The molecule has 0 aliphatic carbocycles. The van der Waals surface area contributed by atoms with Gasteiger partial charge in [-0.2, -0.15) is 0 Å². The van der Waals surface area contributed by atoms with E-state index in [9.17, 15) is 43.2 Å². The molecule has 0 amide bonds. The lowest BCUT2D eigenvalue weighted by atomic mass is 10.1. The van der Waals surface area contributed by atoms with Crippen molar-refractivity contribution < 1.29 is 80.2 Å². The highest BCUT2D eigenvalue weighted by atomic mass is 31.2. The molecular formula is C89H142O17P2. The normalized spacial score (nSPS) is 14.8. The molecule has 0 aromatic carbocycles. The molecule has 17 nitrogen and oxygen atoms in total. The second-order valence-electron chi connectivity index (χ2n) is 26.2. The van der Waals surface area contributed by atoms with Gasteiger partial charge in [0.15, 0.2) is 12.2 Å². The van der Waals surface area contributed by atoms with Crippen LogP contribution in [0.2, 0.25) is 0 Å². The Balaban J connectivity index is 5.49. The zero-order valence-corrected chi connectivity index (χ0v) is 68.5. The molecule has 0 spiro atoms. The third-order valence-electron chi connectivity index (χ3n) is 16.0. The summed E-state index contributed by atoms with van der Waals surface area (Å²) in [6, 6.07) is 0. The van der Waals surface area contributed by atoms with Crippen LogP contribution in [0, 0.1) is 0 Å². The first kappa shape index (κ1) is 102. The van der Waals surface area contributed by atoms with Crippen LogP contribution in [0.25, 0.3) is 0 Å². The monoisotopic (exact) mass is 1540 g/mol. The van der Waals surface area contributed by atoms with Crippen molar-refractivity contribution in [2.45, 2.75) is 303 Å². The molecule has 0 aliphatic heterocycles. The maximum absolute atomic E-state index is 13.1. The largest absolute Gasteiger partial charge is 0.472 e. The molecule has 0 aliphatic rings. The predicted molar refractivity (Wildman–Crippen MR) is 445 cm³/mol. The minimum atomic E-state index is -5.01. The van der Waals surface area contributed by atoms with E-state index >= 15 is 0 Å². The Morgan fingerprint density at radius 1 is 0.259 bits per heavy atom. The van der Waals surface area contributed by atoms with Crippen molar-refractivity contribution in [3.05, 3.63) is 194 Å². The van der Waals surface area contributed by atoms with Crippen LogP contribution in [0.15, 0.2) is 194 Å². The van der Waals surface area contributed by atoms with E-state index in [1.165, 1.54) is 0 Å². The van der Waals surface area contributed by atoms with E-state index in [-0.39, 0.29) is 25.7 Å². The molecular weight excluding hydrogens is 1400 g/mol. The summed E-state index contributed by atoms with van der Waals surface area (Å²) in [6.07, 6.45) is 97.0. The number of carbonyl (C=O) groups excluding carboxylic acids is 4. The van der Waals surface area contributed by atoms with Crippen molar-refractivity contribution in [3.8, 4) is 0 Å². The van der Waals surface area contributed by atoms with Gasteiger partial charge in [0.1, 0.15) is 19.3 Å². The van der Waals surface area contributed by atoms with Crippen LogP contribution in [0.4, 0.5) is 0 Å². The minimum absolute atomic E-state index is 0.0587. The Morgan fingerprint density at radius 2 is 0.463 bits per heavy atom. The summed E-state index contributed by atoms with van der Waals surface area (Å²) in [5, 5.41) is 10.7. The molecule has 0 saturated heterocycles. The van der Waals surface area contributed by atoms with Gasteiger partial charge in [0.2, 0.25) is 0 Å². The number of hydrogen-bond acceptors (Lipinski definition) is 15. The van der Waals surface area contributed by atoms with Crippen LogP contribution in [0.1, 0.15) is 285 Å². The average molecular weight is 1550 g/mol. The molecule has 108 heavy (non-hydrogen) atoms.